The predicted molar refractivity (Wildman–Crippen MR) is 69.4 cm³/mol. The van der Waals surface area contributed by atoms with Gasteiger partial charge in [-0.1, -0.05) is 6.07 Å². The summed E-state index contributed by atoms with van der Waals surface area (Å²) in [5.74, 6) is -0.634. The molecule has 0 fully saturated rings. The number of nitrogens with zero attached hydrogens (tertiary/aromatic N) is 2. The highest BCUT2D eigenvalue weighted by Crippen LogP contribution is 2.25. The lowest BCUT2D eigenvalue weighted by molar-refractivity contribution is -0.384. The van der Waals surface area contributed by atoms with Gasteiger partial charge in [0.2, 0.25) is 0 Å². The van der Waals surface area contributed by atoms with Crippen LogP contribution in [0.4, 0.5) is 15.8 Å². The Kier molecular flexibility index (Phi) is 3.70. The van der Waals surface area contributed by atoms with E-state index in [0.29, 0.717) is 6.54 Å². The Balaban J connectivity index is 2.15. The average molecular weight is 261 g/mol. The maximum Gasteiger partial charge on any atom is 0.295 e. The third-order valence-corrected chi connectivity index (χ3v) is 2.59. The van der Waals surface area contributed by atoms with Crippen LogP contribution in [0.5, 0.6) is 0 Å². The van der Waals surface area contributed by atoms with E-state index in [9.17, 15) is 14.5 Å². The molecule has 5 nitrogen and oxygen atoms in total. The quantitative estimate of drug-likeness (QED) is 0.678. The van der Waals surface area contributed by atoms with Gasteiger partial charge < -0.3 is 5.32 Å². The van der Waals surface area contributed by atoms with Gasteiger partial charge in [-0.2, -0.15) is 0 Å². The number of aromatic nitrogens is 1. The molecular formula is C13H12FN3O2. The maximum absolute atomic E-state index is 13.0. The Morgan fingerprint density at radius 3 is 2.79 bits per heavy atom. The zero-order chi connectivity index (χ0) is 13.8. The number of hydrogen-bond donors (Lipinski definition) is 1. The summed E-state index contributed by atoms with van der Waals surface area (Å²) in [5, 5.41) is 13.7. The molecule has 2 aromatic rings. The molecule has 0 unspecified atom stereocenters. The number of pyridine rings is 1. The van der Waals surface area contributed by atoms with E-state index in [2.05, 4.69) is 10.3 Å². The number of nitrogens with one attached hydrogen (secondary N) is 1. The molecule has 0 aliphatic carbocycles. The highest BCUT2D eigenvalue weighted by Gasteiger charge is 2.14. The minimum atomic E-state index is -0.634. The van der Waals surface area contributed by atoms with Gasteiger partial charge in [0.1, 0.15) is 11.5 Å². The zero-order valence-corrected chi connectivity index (χ0v) is 10.3. The first-order valence-corrected chi connectivity index (χ1v) is 5.65. The van der Waals surface area contributed by atoms with Gasteiger partial charge in [-0.25, -0.2) is 4.39 Å². The number of benzene rings is 1. The summed E-state index contributed by atoms with van der Waals surface area (Å²) in [7, 11) is 0. The lowest BCUT2D eigenvalue weighted by atomic mass is 10.2. The molecular weight excluding hydrogens is 249 g/mol. The molecule has 0 spiro atoms. The van der Waals surface area contributed by atoms with E-state index in [0.717, 1.165) is 17.3 Å². The van der Waals surface area contributed by atoms with Crippen LogP contribution in [0.1, 0.15) is 11.3 Å². The van der Waals surface area contributed by atoms with Crippen LogP contribution in [0.3, 0.4) is 0 Å². The number of rotatable bonds is 4. The van der Waals surface area contributed by atoms with Gasteiger partial charge in [-0.3, -0.25) is 15.1 Å². The standard InChI is InChI=1S/C13H12FN3O2/c1-9-2-4-11(15-7-9)8-16-12-5-3-10(14)6-13(12)17(18)19/h2-7,16H,8H2,1H3. The normalized spacial score (nSPS) is 10.2. The first-order chi connectivity index (χ1) is 9.06. The van der Waals surface area contributed by atoms with E-state index in [1.54, 1.807) is 6.20 Å². The van der Waals surface area contributed by atoms with Crippen LogP contribution in [-0.4, -0.2) is 9.91 Å². The van der Waals surface area contributed by atoms with Crippen molar-refractivity contribution in [1.29, 1.82) is 0 Å². The number of nitro groups is 1. The predicted octanol–water partition coefficient (Wildman–Crippen LogP) is 3.05. The van der Waals surface area contributed by atoms with Gasteiger partial charge >= 0.3 is 0 Å². The van der Waals surface area contributed by atoms with E-state index >= 15 is 0 Å². The van der Waals surface area contributed by atoms with Gasteiger partial charge in [0.25, 0.3) is 5.69 Å². The fourth-order valence-electron chi connectivity index (χ4n) is 1.59. The van der Waals surface area contributed by atoms with Crippen LogP contribution in [0, 0.1) is 22.9 Å². The summed E-state index contributed by atoms with van der Waals surface area (Å²) in [6.07, 6.45) is 1.72. The van der Waals surface area contributed by atoms with Crippen molar-refractivity contribution in [2.24, 2.45) is 0 Å². The maximum atomic E-state index is 13.0. The number of hydrogen-bond acceptors (Lipinski definition) is 4. The summed E-state index contributed by atoms with van der Waals surface area (Å²) >= 11 is 0. The highest BCUT2D eigenvalue weighted by atomic mass is 19.1. The van der Waals surface area contributed by atoms with Crippen LogP contribution < -0.4 is 5.32 Å². The molecule has 98 valence electrons. The van der Waals surface area contributed by atoms with Crippen LogP contribution in [0.2, 0.25) is 0 Å². The fourth-order valence-corrected chi connectivity index (χ4v) is 1.59. The van der Waals surface area contributed by atoms with Crippen LogP contribution in [-0.2, 0) is 6.54 Å². The SMILES string of the molecule is Cc1ccc(CNc2ccc(F)cc2[N+](=O)[O-])nc1. The molecule has 1 aromatic heterocycles. The average Bonchev–Trinajstić information content (AvgIpc) is 2.39. The van der Waals surface area contributed by atoms with E-state index in [1.165, 1.54) is 12.1 Å². The smallest absolute Gasteiger partial charge is 0.295 e. The topological polar surface area (TPSA) is 68.1 Å². The van der Waals surface area contributed by atoms with Gasteiger partial charge in [0.15, 0.2) is 0 Å². The van der Waals surface area contributed by atoms with Gasteiger partial charge in [0, 0.05) is 6.20 Å². The van der Waals surface area contributed by atoms with Crippen molar-refractivity contribution in [3.8, 4) is 0 Å². The minimum Gasteiger partial charge on any atom is -0.374 e. The molecule has 0 saturated carbocycles. The molecule has 0 atom stereocenters. The second-order valence-electron chi connectivity index (χ2n) is 4.10. The number of anilines is 1. The van der Waals surface area contributed by atoms with Gasteiger partial charge in [-0.05, 0) is 30.7 Å². The number of aryl methyl sites for hydroxylation is 1. The third-order valence-electron chi connectivity index (χ3n) is 2.59. The van der Waals surface area contributed by atoms with E-state index < -0.39 is 10.7 Å². The molecule has 0 amide bonds. The van der Waals surface area contributed by atoms with Crippen LogP contribution in [0.25, 0.3) is 0 Å². The van der Waals surface area contributed by atoms with Crippen molar-refractivity contribution in [1.82, 2.24) is 4.98 Å². The van der Waals surface area contributed by atoms with Crippen molar-refractivity contribution in [3.63, 3.8) is 0 Å². The Morgan fingerprint density at radius 1 is 1.37 bits per heavy atom. The van der Waals surface area contributed by atoms with Crippen LogP contribution >= 0.6 is 0 Å². The van der Waals surface area contributed by atoms with Gasteiger partial charge in [0.05, 0.1) is 23.2 Å². The molecule has 0 aliphatic heterocycles. The fraction of sp³-hybridized carbons (Fsp3) is 0.154. The third kappa shape index (κ3) is 3.25. The second kappa shape index (κ2) is 5.43. The van der Waals surface area contributed by atoms with Crippen molar-refractivity contribution in [2.45, 2.75) is 13.5 Å². The summed E-state index contributed by atoms with van der Waals surface area (Å²) < 4.78 is 13.0. The highest BCUT2D eigenvalue weighted by molar-refractivity contribution is 5.61. The number of nitro benzene ring substituents is 1. The first-order valence-electron chi connectivity index (χ1n) is 5.65. The molecule has 1 heterocycles. The lowest BCUT2D eigenvalue weighted by Gasteiger charge is -2.07. The second-order valence-corrected chi connectivity index (χ2v) is 4.10. The molecule has 1 N–H and O–H groups in total. The molecule has 2 rings (SSSR count). The minimum absolute atomic E-state index is 0.272. The van der Waals surface area contributed by atoms with Crippen molar-refractivity contribution in [2.75, 3.05) is 5.32 Å². The zero-order valence-electron chi connectivity index (χ0n) is 10.3. The monoisotopic (exact) mass is 261 g/mol. The van der Waals surface area contributed by atoms with Crippen molar-refractivity contribution < 1.29 is 9.31 Å². The van der Waals surface area contributed by atoms with E-state index in [-0.39, 0.29) is 11.4 Å². The molecule has 0 radical (unpaired) electrons. The molecule has 0 saturated heterocycles. The van der Waals surface area contributed by atoms with Crippen LogP contribution in [0.15, 0.2) is 36.5 Å². The molecule has 19 heavy (non-hydrogen) atoms. The summed E-state index contributed by atoms with van der Waals surface area (Å²) in [4.78, 5) is 14.4. The Labute approximate surface area is 109 Å². The lowest BCUT2D eigenvalue weighted by Crippen LogP contribution is -2.04. The molecule has 0 aliphatic rings. The molecule has 1 aromatic carbocycles. The largest absolute Gasteiger partial charge is 0.374 e. The molecule has 6 heteroatoms. The van der Waals surface area contributed by atoms with E-state index in [4.69, 9.17) is 0 Å². The van der Waals surface area contributed by atoms with Crippen molar-refractivity contribution in [3.05, 3.63) is 63.7 Å². The molecule has 0 bridgehead atoms. The van der Waals surface area contributed by atoms with Crippen molar-refractivity contribution >= 4 is 11.4 Å². The Hall–Kier alpha value is -2.50. The summed E-state index contributed by atoms with van der Waals surface area (Å²) in [6.45, 7) is 2.27. The van der Waals surface area contributed by atoms with E-state index in [1.807, 2.05) is 19.1 Å². The Bertz CT molecular complexity index is 599. The Morgan fingerprint density at radius 2 is 2.16 bits per heavy atom. The van der Waals surface area contributed by atoms with Gasteiger partial charge in [-0.15, -0.1) is 0 Å². The summed E-state index contributed by atoms with van der Waals surface area (Å²) in [6, 6.07) is 7.16. The summed E-state index contributed by atoms with van der Waals surface area (Å²) in [5.41, 5.74) is 1.78. The first kappa shape index (κ1) is 12.9. The number of halogens is 1.